The zero-order chi connectivity index (χ0) is 86.1. The number of fused-ring (bicyclic) bond motifs is 1. The van der Waals surface area contributed by atoms with Crippen molar-refractivity contribution in [2.75, 3.05) is 75.7 Å². The Morgan fingerprint density at radius 2 is 1.24 bits per heavy atom. The maximum Gasteiger partial charge on any atom is 0.299 e. The summed E-state index contributed by atoms with van der Waals surface area (Å²) in [5.41, 5.74) is 9.73. The van der Waals surface area contributed by atoms with Crippen molar-refractivity contribution in [1.29, 1.82) is 0 Å². The summed E-state index contributed by atoms with van der Waals surface area (Å²) in [5.74, 6) is 8.06. The number of terminal acetylenes is 3. The fourth-order valence-corrected chi connectivity index (χ4v) is 17.8. The molecule has 33 heteroatoms. The van der Waals surface area contributed by atoms with E-state index in [-0.39, 0.29) is 85.3 Å². The predicted octanol–water partition coefficient (Wildman–Crippen LogP) is 11.5. The van der Waals surface area contributed by atoms with E-state index in [1.54, 1.807) is 59.5 Å². The molecule has 1 saturated carbocycles. The van der Waals surface area contributed by atoms with Gasteiger partial charge in [-0.2, -0.15) is 35.3 Å². The first kappa shape index (κ1) is 85.2. The number of carbonyl (C=O) groups excluding carboxylic acids is 3. The number of Topliss-reactive ketones (excluding diaryl/α,β-unsaturated/α-hetero) is 1. The molecule has 122 heavy (non-hydrogen) atoms. The number of H-pyrrole nitrogens is 1. The highest BCUT2D eigenvalue weighted by atomic mass is 32.2. The summed E-state index contributed by atoms with van der Waals surface area (Å²) in [7, 11) is -11.9. The molecule has 28 nitrogen and oxygen atoms in total. The largest absolute Gasteiger partial charge is 0.341 e. The van der Waals surface area contributed by atoms with Gasteiger partial charge < -0.3 is 25.3 Å². The van der Waals surface area contributed by atoms with Crippen LogP contribution in [0.15, 0.2) is 215 Å². The molecule has 0 bridgehead atoms. The van der Waals surface area contributed by atoms with Crippen LogP contribution in [-0.4, -0.2) is 186 Å². The molecule has 0 atom stereocenters. The number of amides is 2. The molecule has 4 aliphatic rings. The number of carbonyl (C=O) groups is 3. The van der Waals surface area contributed by atoms with Crippen LogP contribution in [0.5, 0.6) is 0 Å². The van der Waals surface area contributed by atoms with E-state index in [0.29, 0.717) is 103 Å². The topological polar surface area (TPSA) is 337 Å². The molecule has 5 aromatic heterocycles. The smallest absolute Gasteiger partial charge is 0.299 e. The van der Waals surface area contributed by atoms with E-state index in [1.165, 1.54) is 108 Å². The molecule has 0 unspecified atom stereocenters. The van der Waals surface area contributed by atoms with Crippen molar-refractivity contribution in [3.63, 3.8) is 0 Å². The first-order chi connectivity index (χ1) is 58.6. The summed E-state index contributed by atoms with van der Waals surface area (Å²) in [6.45, 7) is 14.4. The quantitative estimate of drug-likeness (QED) is 0.0374. The third kappa shape index (κ3) is 19.6. The van der Waals surface area contributed by atoms with E-state index in [2.05, 4.69) is 129 Å². The van der Waals surface area contributed by atoms with Gasteiger partial charge in [0, 0.05) is 130 Å². The van der Waals surface area contributed by atoms with Crippen molar-refractivity contribution < 1.29 is 48.4 Å². The van der Waals surface area contributed by atoms with Gasteiger partial charge in [-0.1, -0.05) is 116 Å². The van der Waals surface area contributed by atoms with Gasteiger partial charge in [0.25, 0.3) is 41.9 Å². The van der Waals surface area contributed by atoms with Gasteiger partial charge in [0.05, 0.1) is 45.4 Å². The Morgan fingerprint density at radius 1 is 0.623 bits per heavy atom. The molecule has 2 aliphatic carbocycles. The van der Waals surface area contributed by atoms with Crippen molar-refractivity contribution in [3.05, 3.63) is 268 Å². The molecule has 7 heterocycles. The first-order valence-electron chi connectivity index (χ1n) is 39.5. The van der Waals surface area contributed by atoms with Crippen molar-refractivity contribution >= 4 is 65.3 Å². The van der Waals surface area contributed by atoms with Gasteiger partial charge in [0.2, 0.25) is 5.95 Å². The molecule has 3 fully saturated rings. The van der Waals surface area contributed by atoms with E-state index >= 15 is 0 Å². The standard InChI is InChI=1S/C34H32N10O4S.C29H27F2N5O2S.C26H28N4O3S/c1-2-3-9-29(45)28-21-30(37-31-20-27(39-40-31)23-10-11-23)38-34(36-28)43-18-16-42(17-19-43)33(46)25-12-14-26(15-13-25)49(47,48)44-22-35-32(41-44)24-7-5-4-6-8-24;1-2-22-3-13-28(14-4-22)39(37,38)36-21-27(32-33-36)15-16-34-17-19-35(20-18-34)29(23-5-9-25(30)10-6-23)24-7-11-26(31)12-8-24;1-6-15-27-24(31)18-7-10-20(11-8-18)34(32,33)30-28-17-23(29-30)19-9-12-21-22(16-19)26(4,5)14-13-25(21,2)3/h1,4-8,12-15,20-23H,3,9-11,16-19H2,(H2,36,37,38,39,40);1,3-14,21,29H,15-20H2;1,7-12,16-17H,13-15H2,2-5H3,(H,27,31). The van der Waals surface area contributed by atoms with Gasteiger partial charge in [-0.15, -0.1) is 53.8 Å². The number of nitrogens with zero attached hydrogens (tertiary/aromatic N) is 16. The number of rotatable bonds is 24. The highest BCUT2D eigenvalue weighted by Crippen LogP contribution is 2.47. The number of aromatic amines is 1. The Balaban J connectivity index is 0.000000152. The third-order valence-electron chi connectivity index (χ3n) is 21.9. The number of hydrogen-bond donors (Lipinski definition) is 3. The van der Waals surface area contributed by atoms with Crippen LogP contribution in [0, 0.1) is 48.7 Å². The number of benzene rings is 7. The summed E-state index contributed by atoms with van der Waals surface area (Å²) in [5, 5.41) is 33.5. The molecule has 2 saturated heterocycles. The van der Waals surface area contributed by atoms with Gasteiger partial charge in [0.15, 0.2) is 17.4 Å². The Morgan fingerprint density at radius 3 is 1.86 bits per heavy atom. The summed E-state index contributed by atoms with van der Waals surface area (Å²) in [4.78, 5) is 60.0. The van der Waals surface area contributed by atoms with Gasteiger partial charge >= 0.3 is 0 Å². The molecule has 12 aromatic rings. The molecule has 3 N–H and O–H groups in total. The Labute approximate surface area is 706 Å². The number of ketones is 1. The van der Waals surface area contributed by atoms with Crippen molar-refractivity contribution in [3.8, 4) is 59.7 Å². The first-order valence-corrected chi connectivity index (χ1v) is 43.8. The fourth-order valence-electron chi connectivity index (χ4n) is 14.6. The zero-order valence-corrected chi connectivity index (χ0v) is 69.7. The number of nitrogens with one attached hydrogen (secondary N) is 3. The van der Waals surface area contributed by atoms with Crippen LogP contribution in [0.4, 0.5) is 26.4 Å². The van der Waals surface area contributed by atoms with Crippen LogP contribution in [0.3, 0.4) is 0 Å². The molecule has 0 radical (unpaired) electrons. The minimum atomic E-state index is -4.02. The SMILES string of the molecule is C#CCCC(=O)c1cc(Nc2cc(C3CC3)[nH]n2)nc(N2CCN(C(=O)c3ccc(S(=O)(=O)n4cnc(-c5ccccc5)n4)cc3)CC2)n1.C#CCNC(=O)c1ccc(S(=O)(=O)n2ncc(-c3ccc4c(c3)C(C)(C)CCC4(C)C)n2)cc1.C#Cc1ccc(S(=O)(=O)n2cc(CCN3CCN(C(c4ccc(F)cc4)c4ccc(F)cc4)CC3)nn2)cc1. The van der Waals surface area contributed by atoms with Gasteiger partial charge in [-0.05, 0) is 162 Å². The maximum absolute atomic E-state index is 13.6. The van der Waals surface area contributed by atoms with E-state index < -0.39 is 30.1 Å². The number of halogens is 2. The number of aromatic nitrogens is 13. The molecule has 2 aliphatic heterocycles. The lowest BCUT2D eigenvalue weighted by Crippen LogP contribution is -2.49. The summed E-state index contributed by atoms with van der Waals surface area (Å²) < 4.78 is 108. The van der Waals surface area contributed by atoms with Crippen molar-refractivity contribution in [2.24, 2.45) is 0 Å². The van der Waals surface area contributed by atoms with E-state index in [9.17, 15) is 48.4 Å². The second kappa shape index (κ2) is 36.4. The Hall–Kier alpha value is -13.2. The Kier molecular flexibility index (Phi) is 25.4. The molecular formula is C89H87F2N19O9S3. The number of hydrogen-bond acceptors (Lipinski definition) is 22. The lowest BCUT2D eigenvalue weighted by molar-refractivity contribution is 0.0745. The fraction of sp³-hybridized carbons (Fsp3) is 0.281. The predicted molar refractivity (Wildman–Crippen MR) is 455 cm³/mol. The minimum Gasteiger partial charge on any atom is -0.341 e. The van der Waals surface area contributed by atoms with Gasteiger partial charge in [-0.3, -0.25) is 24.4 Å². The Bertz CT molecular complexity index is 6260. The van der Waals surface area contributed by atoms with Crippen molar-refractivity contribution in [1.82, 2.24) is 83.1 Å². The third-order valence-corrected chi connectivity index (χ3v) is 26.4. The molecule has 2 amide bonds. The van der Waals surface area contributed by atoms with Crippen molar-refractivity contribution in [2.45, 2.75) is 110 Å². The maximum atomic E-state index is 13.6. The highest BCUT2D eigenvalue weighted by Gasteiger charge is 2.38. The molecule has 7 aromatic carbocycles. The second-order valence-corrected chi connectivity index (χ2v) is 36.4. The van der Waals surface area contributed by atoms with Crippen LogP contribution in [-0.2, 0) is 47.3 Å². The van der Waals surface area contributed by atoms with E-state index in [0.717, 1.165) is 92.9 Å². The zero-order valence-electron chi connectivity index (χ0n) is 67.3. The van der Waals surface area contributed by atoms with E-state index in [1.807, 2.05) is 35.2 Å². The molecule has 0 spiro atoms. The van der Waals surface area contributed by atoms with Crippen LogP contribution in [0.1, 0.15) is 149 Å². The van der Waals surface area contributed by atoms with E-state index in [4.69, 9.17) is 19.3 Å². The molecular weight excluding hydrogens is 1610 g/mol. The van der Waals surface area contributed by atoms with Crippen LogP contribution in [0.2, 0.25) is 0 Å². The molecule has 16 rings (SSSR count). The number of piperazine rings is 2. The van der Waals surface area contributed by atoms with Gasteiger partial charge in [0.1, 0.15) is 35.2 Å². The van der Waals surface area contributed by atoms with Crippen LogP contribution >= 0.6 is 0 Å². The second-order valence-electron chi connectivity index (χ2n) is 31.1. The normalized spacial score (nSPS) is 15.2. The summed E-state index contributed by atoms with van der Waals surface area (Å²) in [6, 6.07) is 49.0. The lowest BCUT2D eigenvalue weighted by atomic mass is 9.63. The monoisotopic (exact) mass is 1700 g/mol. The summed E-state index contributed by atoms with van der Waals surface area (Å²) >= 11 is 0. The molecule has 624 valence electrons. The average Bonchev–Trinajstić information content (AvgIpc) is 1.08. The lowest BCUT2D eigenvalue weighted by Gasteiger charge is -2.42. The average molecular weight is 1700 g/mol. The highest BCUT2D eigenvalue weighted by molar-refractivity contribution is 7.90. The van der Waals surface area contributed by atoms with Crippen LogP contribution in [0.25, 0.3) is 22.6 Å². The minimum absolute atomic E-state index is 0.0172. The number of anilines is 3. The van der Waals surface area contributed by atoms with Crippen LogP contribution < -0.4 is 15.5 Å². The van der Waals surface area contributed by atoms with Gasteiger partial charge in [-0.25, -0.2) is 18.7 Å². The summed E-state index contributed by atoms with van der Waals surface area (Å²) in [6.07, 6.45) is 25.4.